The maximum Gasteiger partial charge on any atom is 0.201 e. The van der Waals surface area contributed by atoms with Crippen molar-refractivity contribution in [3.8, 4) is 0 Å². The Morgan fingerprint density at radius 2 is 2.06 bits per heavy atom. The first-order chi connectivity index (χ1) is 7.45. The molecule has 2 aromatic rings. The second kappa shape index (κ2) is 4.18. The van der Waals surface area contributed by atoms with E-state index in [0.717, 1.165) is 15.6 Å². The fraction of sp³-hybridized carbons (Fsp3) is 0.200. The van der Waals surface area contributed by atoms with Crippen LogP contribution in [0.25, 0.3) is 10.1 Å². The molecule has 0 aliphatic carbocycles. The lowest BCUT2D eigenvalue weighted by Gasteiger charge is -1.97. The first kappa shape index (κ1) is 12.2. The zero-order valence-corrected chi connectivity index (χ0v) is 11.5. The van der Waals surface area contributed by atoms with E-state index in [1.54, 1.807) is 19.1 Å². The topological polar surface area (TPSA) is 34.1 Å². The van der Waals surface area contributed by atoms with Gasteiger partial charge in [-0.1, -0.05) is 11.6 Å². The second-order valence-electron chi connectivity index (χ2n) is 3.38. The fourth-order valence-corrected chi connectivity index (χ4v) is 4.76. The number of benzene rings is 1. The number of halogens is 2. The predicted octanol–water partition coefficient (Wildman–Crippen LogP) is 3.83. The number of aryl methyl sites for hydroxylation is 1. The first-order valence-electron chi connectivity index (χ1n) is 4.43. The molecule has 2 rings (SSSR count). The molecule has 0 aliphatic rings. The third-order valence-electron chi connectivity index (χ3n) is 2.28. The van der Waals surface area contributed by atoms with Crippen LogP contribution in [0.1, 0.15) is 5.56 Å². The zero-order valence-electron chi connectivity index (χ0n) is 8.33. The summed E-state index contributed by atoms with van der Waals surface area (Å²) in [5.74, 6) is 0. The van der Waals surface area contributed by atoms with Crippen LogP contribution in [0.15, 0.2) is 22.4 Å². The van der Waals surface area contributed by atoms with Crippen LogP contribution in [-0.4, -0.2) is 13.6 Å². The molecule has 0 radical (unpaired) electrons. The molecule has 0 fully saturated rings. The highest BCUT2D eigenvalue weighted by Crippen LogP contribution is 2.36. The molecule has 1 aromatic carbocycles. The van der Waals surface area contributed by atoms with Gasteiger partial charge < -0.3 is 0 Å². The molecule has 0 unspecified atom stereocenters. The quantitative estimate of drug-likeness (QED) is 0.789. The van der Waals surface area contributed by atoms with Crippen molar-refractivity contribution in [3.63, 3.8) is 0 Å². The van der Waals surface area contributed by atoms with Gasteiger partial charge in [0.15, 0.2) is 0 Å². The fourth-order valence-electron chi connectivity index (χ4n) is 1.52. The van der Waals surface area contributed by atoms with Crippen LogP contribution >= 0.6 is 34.5 Å². The monoisotopic (exact) mass is 294 g/mol. The van der Waals surface area contributed by atoms with Crippen LogP contribution in [0.4, 0.5) is 0 Å². The average molecular weight is 295 g/mol. The normalized spacial score (nSPS) is 12.2. The molecule has 1 aromatic heterocycles. The van der Waals surface area contributed by atoms with Crippen molar-refractivity contribution >= 4 is 54.5 Å². The molecule has 0 bridgehead atoms. The summed E-state index contributed by atoms with van der Waals surface area (Å²) in [6, 6.07) is 5.34. The van der Waals surface area contributed by atoms with Gasteiger partial charge >= 0.3 is 0 Å². The molecule has 1 heterocycles. The molecule has 0 N–H and O–H groups in total. The van der Waals surface area contributed by atoms with Gasteiger partial charge in [0.2, 0.25) is 9.84 Å². The van der Waals surface area contributed by atoms with Crippen molar-refractivity contribution in [2.45, 2.75) is 11.1 Å². The lowest BCUT2D eigenvalue weighted by Crippen LogP contribution is -2.00. The van der Waals surface area contributed by atoms with E-state index in [9.17, 15) is 8.42 Å². The number of thiophene rings is 1. The largest absolute Gasteiger partial charge is 0.222 e. The number of hydrogen-bond donors (Lipinski definition) is 0. The van der Waals surface area contributed by atoms with Crippen molar-refractivity contribution in [2.24, 2.45) is 0 Å². The van der Waals surface area contributed by atoms with Crippen molar-refractivity contribution in [1.29, 1.82) is 0 Å². The summed E-state index contributed by atoms with van der Waals surface area (Å²) in [6.07, 6.45) is 0. The van der Waals surface area contributed by atoms with Crippen LogP contribution in [0, 0.1) is 6.92 Å². The summed E-state index contributed by atoms with van der Waals surface area (Å²) in [7, 11) is -3.36. The summed E-state index contributed by atoms with van der Waals surface area (Å²) in [6.45, 7) is 1.77. The summed E-state index contributed by atoms with van der Waals surface area (Å²) in [5.41, 5.74) is 0.725. The van der Waals surface area contributed by atoms with E-state index in [1.165, 1.54) is 11.3 Å². The minimum absolute atomic E-state index is 0.333. The molecule has 16 heavy (non-hydrogen) atoms. The molecule has 0 atom stereocenters. The van der Waals surface area contributed by atoms with Gasteiger partial charge in [0.1, 0.15) is 9.42 Å². The van der Waals surface area contributed by atoms with Gasteiger partial charge in [-0.3, -0.25) is 0 Å². The highest BCUT2D eigenvalue weighted by Gasteiger charge is 2.20. The van der Waals surface area contributed by atoms with E-state index in [-0.39, 0.29) is 0 Å². The van der Waals surface area contributed by atoms with Gasteiger partial charge in [0, 0.05) is 9.72 Å². The maximum atomic E-state index is 11.7. The van der Waals surface area contributed by atoms with Crippen LogP contribution in [0.5, 0.6) is 0 Å². The molecular formula is C10H8Cl2O2S2. The molecule has 2 nitrogen and oxygen atoms in total. The van der Waals surface area contributed by atoms with Crippen LogP contribution in [0.2, 0.25) is 5.02 Å². The highest BCUT2D eigenvalue weighted by molar-refractivity contribution is 7.94. The average Bonchev–Trinajstić information content (AvgIpc) is 2.57. The summed E-state index contributed by atoms with van der Waals surface area (Å²) >= 11 is 12.6. The van der Waals surface area contributed by atoms with E-state index in [4.69, 9.17) is 23.2 Å². The van der Waals surface area contributed by atoms with E-state index >= 15 is 0 Å². The Hall–Kier alpha value is -0.290. The minimum Gasteiger partial charge on any atom is -0.222 e. The Kier molecular flexibility index (Phi) is 3.18. The lowest BCUT2D eigenvalue weighted by atomic mass is 10.2. The number of fused-ring (bicyclic) bond motifs is 1. The Labute approximate surface area is 108 Å². The molecule has 6 heteroatoms. The van der Waals surface area contributed by atoms with Gasteiger partial charge in [-0.25, -0.2) is 8.42 Å². The summed E-state index contributed by atoms with van der Waals surface area (Å²) in [5, 5.41) is 1.08. The van der Waals surface area contributed by atoms with Crippen molar-refractivity contribution in [1.82, 2.24) is 0 Å². The van der Waals surface area contributed by atoms with Crippen LogP contribution in [0.3, 0.4) is 0 Å². The Balaban J connectivity index is 2.80. The van der Waals surface area contributed by atoms with Gasteiger partial charge in [0.25, 0.3) is 0 Å². The molecule has 0 saturated heterocycles. The molecule has 0 spiro atoms. The third-order valence-corrected chi connectivity index (χ3v) is 6.62. The van der Waals surface area contributed by atoms with Crippen molar-refractivity contribution < 1.29 is 8.42 Å². The molecule has 0 aliphatic heterocycles. The van der Waals surface area contributed by atoms with Crippen molar-refractivity contribution in [2.75, 3.05) is 5.21 Å². The summed E-state index contributed by atoms with van der Waals surface area (Å²) in [4.78, 5) is 0. The number of sulfone groups is 1. The van der Waals surface area contributed by atoms with Crippen LogP contribution < -0.4 is 0 Å². The number of rotatable bonds is 2. The lowest BCUT2D eigenvalue weighted by molar-refractivity contribution is 0.602. The van der Waals surface area contributed by atoms with Gasteiger partial charge in [-0.2, -0.15) is 0 Å². The predicted molar refractivity (Wildman–Crippen MR) is 69.5 cm³/mol. The second-order valence-corrected chi connectivity index (χ2v) is 7.64. The Morgan fingerprint density at radius 3 is 2.69 bits per heavy atom. The minimum atomic E-state index is -3.36. The van der Waals surface area contributed by atoms with Crippen LogP contribution in [-0.2, 0) is 9.84 Å². The van der Waals surface area contributed by atoms with E-state index in [2.05, 4.69) is 0 Å². The highest BCUT2D eigenvalue weighted by atomic mass is 35.5. The van der Waals surface area contributed by atoms with E-state index in [1.807, 2.05) is 6.07 Å². The molecule has 0 amide bonds. The maximum absolute atomic E-state index is 11.7. The van der Waals surface area contributed by atoms with Crippen molar-refractivity contribution in [3.05, 3.63) is 28.8 Å². The van der Waals surface area contributed by atoms with Gasteiger partial charge in [-0.05, 0) is 36.1 Å². The molecule has 0 saturated carbocycles. The molecule has 86 valence electrons. The standard InChI is InChI=1S/C10H8Cl2O2S2/c1-6-8-4-7(12)2-3-9(8)15-10(6)16(13,14)5-11/h2-4H,5H2,1H3. The first-order valence-corrected chi connectivity index (χ1v) is 7.81. The number of alkyl halides is 1. The van der Waals surface area contributed by atoms with Gasteiger partial charge in [-0.15, -0.1) is 22.9 Å². The summed E-state index contributed by atoms with van der Waals surface area (Å²) < 4.78 is 24.7. The zero-order chi connectivity index (χ0) is 11.9. The Morgan fingerprint density at radius 1 is 1.38 bits per heavy atom. The smallest absolute Gasteiger partial charge is 0.201 e. The van der Waals surface area contributed by atoms with E-state index in [0.29, 0.717) is 9.23 Å². The molecular weight excluding hydrogens is 287 g/mol. The van der Waals surface area contributed by atoms with Gasteiger partial charge in [0.05, 0.1) is 0 Å². The third kappa shape index (κ3) is 1.95. The number of hydrogen-bond acceptors (Lipinski definition) is 3. The SMILES string of the molecule is Cc1c(S(=O)(=O)CCl)sc2ccc(Cl)cc12. The van der Waals surface area contributed by atoms with E-state index < -0.39 is 15.0 Å². The Bertz CT molecular complexity index is 644.